The van der Waals surface area contributed by atoms with Crippen LogP contribution in [0.4, 0.5) is 0 Å². The van der Waals surface area contributed by atoms with E-state index >= 15 is 0 Å². The maximum absolute atomic E-state index is 12.4. The van der Waals surface area contributed by atoms with Gasteiger partial charge in [0.25, 0.3) is 0 Å². The van der Waals surface area contributed by atoms with Gasteiger partial charge in [-0.25, -0.2) is 0 Å². The Kier molecular flexibility index (Phi) is 2.73. The van der Waals surface area contributed by atoms with Crippen molar-refractivity contribution in [2.24, 2.45) is 17.8 Å². The van der Waals surface area contributed by atoms with Gasteiger partial charge in [0.2, 0.25) is 0 Å². The smallest absolute Gasteiger partial charge is 0.163 e. The maximum Gasteiger partial charge on any atom is 0.163 e. The third-order valence-corrected chi connectivity index (χ3v) is 5.38. The summed E-state index contributed by atoms with van der Waals surface area (Å²) < 4.78 is 5.41. The van der Waals surface area contributed by atoms with Crippen molar-refractivity contribution >= 4 is 5.78 Å². The molecule has 1 heterocycles. The number of benzene rings is 1. The Balaban J connectivity index is 1.48. The summed E-state index contributed by atoms with van der Waals surface area (Å²) in [5, 5.41) is 0. The number of ketones is 1. The molecule has 0 aromatic heterocycles. The summed E-state index contributed by atoms with van der Waals surface area (Å²) in [6, 6.07) is 6.11. The van der Waals surface area contributed by atoms with E-state index in [1.54, 1.807) is 0 Å². The SMILES string of the molecule is O=C(CC1CC2CCC1C2)c1ccc2c(c1)COC2. The van der Waals surface area contributed by atoms with Crippen molar-refractivity contribution in [3.05, 3.63) is 34.9 Å². The van der Waals surface area contributed by atoms with Gasteiger partial charge >= 0.3 is 0 Å². The molecule has 0 N–H and O–H groups in total. The molecule has 1 aromatic carbocycles. The molecule has 2 bridgehead atoms. The van der Waals surface area contributed by atoms with E-state index in [4.69, 9.17) is 4.74 Å². The molecule has 19 heavy (non-hydrogen) atoms. The van der Waals surface area contributed by atoms with Gasteiger partial charge < -0.3 is 4.74 Å². The minimum atomic E-state index is 0.340. The number of ether oxygens (including phenoxy) is 1. The molecule has 0 amide bonds. The van der Waals surface area contributed by atoms with Crippen LogP contribution in [0.15, 0.2) is 18.2 Å². The number of carbonyl (C=O) groups excluding carboxylic acids is 1. The van der Waals surface area contributed by atoms with E-state index < -0.39 is 0 Å². The monoisotopic (exact) mass is 256 g/mol. The number of hydrogen-bond donors (Lipinski definition) is 0. The minimum absolute atomic E-state index is 0.340. The molecule has 4 rings (SSSR count). The van der Waals surface area contributed by atoms with Gasteiger partial charge in [0, 0.05) is 12.0 Å². The van der Waals surface area contributed by atoms with Gasteiger partial charge in [-0.05, 0) is 54.2 Å². The quantitative estimate of drug-likeness (QED) is 0.770. The van der Waals surface area contributed by atoms with E-state index in [0.717, 1.165) is 23.8 Å². The number of hydrogen-bond acceptors (Lipinski definition) is 2. The lowest BCUT2D eigenvalue weighted by Gasteiger charge is -2.20. The van der Waals surface area contributed by atoms with Gasteiger partial charge in [-0.3, -0.25) is 4.79 Å². The number of fused-ring (bicyclic) bond motifs is 3. The molecule has 3 atom stereocenters. The van der Waals surface area contributed by atoms with E-state index in [2.05, 4.69) is 12.1 Å². The lowest BCUT2D eigenvalue weighted by Crippen LogP contribution is -2.15. The van der Waals surface area contributed by atoms with Crippen molar-refractivity contribution in [1.82, 2.24) is 0 Å². The third kappa shape index (κ3) is 2.02. The second-order valence-corrected chi connectivity index (χ2v) is 6.54. The van der Waals surface area contributed by atoms with Gasteiger partial charge in [-0.1, -0.05) is 18.6 Å². The van der Waals surface area contributed by atoms with Crippen molar-refractivity contribution in [2.75, 3.05) is 0 Å². The van der Waals surface area contributed by atoms with Gasteiger partial charge in [-0.2, -0.15) is 0 Å². The Labute approximate surface area is 114 Å². The molecule has 2 fully saturated rings. The summed E-state index contributed by atoms with van der Waals surface area (Å²) in [5.41, 5.74) is 3.35. The van der Waals surface area contributed by atoms with Crippen LogP contribution in [0.2, 0.25) is 0 Å². The molecule has 2 aliphatic carbocycles. The summed E-state index contributed by atoms with van der Waals surface area (Å²) in [6.07, 6.45) is 6.22. The van der Waals surface area contributed by atoms with Gasteiger partial charge in [-0.15, -0.1) is 0 Å². The molecular weight excluding hydrogens is 236 g/mol. The lowest BCUT2D eigenvalue weighted by molar-refractivity contribution is 0.0944. The third-order valence-electron chi connectivity index (χ3n) is 5.38. The summed E-state index contributed by atoms with van der Waals surface area (Å²) in [4.78, 5) is 12.4. The summed E-state index contributed by atoms with van der Waals surface area (Å²) >= 11 is 0. The highest BCUT2D eigenvalue weighted by atomic mass is 16.5. The fourth-order valence-corrected chi connectivity index (χ4v) is 4.33. The van der Waals surface area contributed by atoms with Crippen LogP contribution in [0, 0.1) is 17.8 Å². The molecule has 2 nitrogen and oxygen atoms in total. The van der Waals surface area contributed by atoms with Gasteiger partial charge in [0.1, 0.15) is 0 Å². The van der Waals surface area contributed by atoms with Gasteiger partial charge in [0.15, 0.2) is 5.78 Å². The Hall–Kier alpha value is -1.15. The molecular formula is C17H20O2. The Bertz CT molecular complexity index is 520. The molecule has 100 valence electrons. The second kappa shape index (κ2) is 4.45. The molecule has 2 heteroatoms. The Morgan fingerprint density at radius 1 is 1.16 bits per heavy atom. The van der Waals surface area contributed by atoms with Crippen LogP contribution in [-0.4, -0.2) is 5.78 Å². The second-order valence-electron chi connectivity index (χ2n) is 6.54. The first-order valence-corrected chi connectivity index (χ1v) is 7.52. The molecule has 3 aliphatic rings. The molecule has 2 saturated carbocycles. The van der Waals surface area contributed by atoms with Crippen LogP contribution in [-0.2, 0) is 18.0 Å². The molecule has 0 saturated heterocycles. The van der Waals surface area contributed by atoms with E-state index in [9.17, 15) is 4.79 Å². The van der Waals surface area contributed by atoms with Crippen LogP contribution in [0.1, 0.15) is 53.6 Å². The lowest BCUT2D eigenvalue weighted by atomic mass is 9.84. The Morgan fingerprint density at radius 3 is 2.84 bits per heavy atom. The largest absolute Gasteiger partial charge is 0.372 e. The normalized spacial score (nSPS) is 31.7. The number of Topliss-reactive ketones (excluding diaryl/α,β-unsaturated/α-hetero) is 1. The van der Waals surface area contributed by atoms with Crippen molar-refractivity contribution in [3.8, 4) is 0 Å². The minimum Gasteiger partial charge on any atom is -0.372 e. The average Bonchev–Trinajstić information content (AvgIpc) is 3.13. The van der Waals surface area contributed by atoms with Crippen LogP contribution in [0.3, 0.4) is 0 Å². The fourth-order valence-electron chi connectivity index (χ4n) is 4.33. The van der Waals surface area contributed by atoms with Crippen LogP contribution >= 0.6 is 0 Å². The van der Waals surface area contributed by atoms with Gasteiger partial charge in [0.05, 0.1) is 13.2 Å². The van der Waals surface area contributed by atoms with Crippen molar-refractivity contribution in [2.45, 2.75) is 45.3 Å². The average molecular weight is 256 g/mol. The van der Waals surface area contributed by atoms with E-state index in [-0.39, 0.29) is 0 Å². The van der Waals surface area contributed by atoms with Crippen molar-refractivity contribution in [1.29, 1.82) is 0 Å². The molecule has 0 spiro atoms. The first kappa shape index (κ1) is 11.7. The first-order valence-electron chi connectivity index (χ1n) is 7.52. The van der Waals surface area contributed by atoms with E-state index in [1.165, 1.54) is 36.8 Å². The van der Waals surface area contributed by atoms with Crippen molar-refractivity contribution in [3.63, 3.8) is 0 Å². The topological polar surface area (TPSA) is 26.3 Å². The highest BCUT2D eigenvalue weighted by Crippen LogP contribution is 2.49. The summed E-state index contributed by atoms with van der Waals surface area (Å²) in [7, 11) is 0. The molecule has 3 unspecified atom stereocenters. The fraction of sp³-hybridized carbons (Fsp3) is 0.588. The summed E-state index contributed by atoms with van der Waals surface area (Å²) in [6.45, 7) is 1.38. The van der Waals surface area contributed by atoms with Crippen LogP contribution < -0.4 is 0 Å². The first-order chi connectivity index (χ1) is 9.29. The maximum atomic E-state index is 12.4. The predicted octanol–water partition coefficient (Wildman–Crippen LogP) is 3.73. The highest BCUT2D eigenvalue weighted by molar-refractivity contribution is 5.96. The molecule has 1 aromatic rings. The van der Waals surface area contributed by atoms with E-state index in [0.29, 0.717) is 24.9 Å². The van der Waals surface area contributed by atoms with Crippen molar-refractivity contribution < 1.29 is 9.53 Å². The molecule has 1 aliphatic heterocycles. The zero-order chi connectivity index (χ0) is 12.8. The van der Waals surface area contributed by atoms with Crippen LogP contribution in [0.5, 0.6) is 0 Å². The number of rotatable bonds is 3. The standard InChI is InChI=1S/C17H20O2/c18-17(8-15-6-11-1-2-12(15)5-11)13-3-4-14-9-19-10-16(14)7-13/h3-4,7,11-12,15H,1-2,5-6,8-10H2. The van der Waals surface area contributed by atoms with Crippen LogP contribution in [0.25, 0.3) is 0 Å². The predicted molar refractivity (Wildman–Crippen MR) is 72.8 cm³/mol. The zero-order valence-corrected chi connectivity index (χ0v) is 11.2. The zero-order valence-electron chi connectivity index (χ0n) is 11.2. The van der Waals surface area contributed by atoms with E-state index in [1.807, 2.05) is 6.07 Å². The highest BCUT2D eigenvalue weighted by Gasteiger charge is 2.40. The molecule has 0 radical (unpaired) electrons. The summed E-state index contributed by atoms with van der Waals surface area (Å²) in [5.74, 6) is 2.77. The number of carbonyl (C=O) groups is 1. The Morgan fingerprint density at radius 2 is 2.05 bits per heavy atom.